The summed E-state index contributed by atoms with van der Waals surface area (Å²) in [6.07, 6.45) is 0.554. The minimum atomic E-state index is -2.95. The van der Waals surface area contributed by atoms with E-state index in [0.29, 0.717) is 6.42 Å². The molecule has 8 heteroatoms. The molecule has 7 nitrogen and oxygen atoms in total. The van der Waals surface area contributed by atoms with Gasteiger partial charge in [0.05, 0.1) is 31.3 Å². The smallest absolute Gasteiger partial charge is 0.236 e. The first-order chi connectivity index (χ1) is 9.98. The number of hydrogen-bond donors (Lipinski definition) is 1. The molecule has 1 N–H and O–H groups in total. The molecule has 2 heterocycles. The van der Waals surface area contributed by atoms with Crippen LogP contribution in [0, 0.1) is 0 Å². The van der Waals surface area contributed by atoms with Gasteiger partial charge in [0.2, 0.25) is 5.91 Å². The van der Waals surface area contributed by atoms with Gasteiger partial charge >= 0.3 is 0 Å². The molecule has 1 unspecified atom stereocenters. The number of hydrogen-bond acceptors (Lipinski definition) is 6. The second-order valence-corrected chi connectivity index (χ2v) is 7.92. The van der Waals surface area contributed by atoms with E-state index >= 15 is 0 Å². The summed E-state index contributed by atoms with van der Waals surface area (Å²) >= 11 is 0. The maximum atomic E-state index is 12.0. The van der Waals surface area contributed by atoms with E-state index in [-0.39, 0.29) is 30.0 Å². The van der Waals surface area contributed by atoms with Crippen LogP contribution in [0.1, 0.15) is 6.42 Å². The van der Waals surface area contributed by atoms with Gasteiger partial charge in [-0.1, -0.05) is 0 Å². The molecule has 2 aliphatic heterocycles. The molecule has 1 atom stereocenters. The molecular weight excluding hydrogens is 294 g/mol. The van der Waals surface area contributed by atoms with Gasteiger partial charge in [0.25, 0.3) is 0 Å². The number of nitrogens with one attached hydrogen (secondary N) is 1. The first-order valence-electron chi connectivity index (χ1n) is 7.45. The Labute approximate surface area is 126 Å². The highest BCUT2D eigenvalue weighted by atomic mass is 32.2. The van der Waals surface area contributed by atoms with Gasteiger partial charge in [0.15, 0.2) is 9.84 Å². The van der Waals surface area contributed by atoms with Crippen molar-refractivity contribution in [3.63, 3.8) is 0 Å². The molecule has 0 aromatic rings. The summed E-state index contributed by atoms with van der Waals surface area (Å²) < 4.78 is 28.1. The van der Waals surface area contributed by atoms with Gasteiger partial charge in [-0.05, 0) is 6.42 Å². The Kier molecular flexibility index (Phi) is 5.98. The fourth-order valence-electron chi connectivity index (χ4n) is 2.67. The molecule has 0 aromatic heterocycles. The third-order valence-corrected chi connectivity index (χ3v) is 5.88. The zero-order valence-corrected chi connectivity index (χ0v) is 13.4. The van der Waals surface area contributed by atoms with Crippen LogP contribution in [0.2, 0.25) is 0 Å². The number of nitrogens with zero attached hydrogens (tertiary/aromatic N) is 2. The molecule has 1 amide bonds. The van der Waals surface area contributed by atoms with Crippen molar-refractivity contribution in [3.05, 3.63) is 0 Å². The number of sulfone groups is 1. The number of likely N-dealkylation sites (N-methyl/N-ethyl adjacent to an activating group) is 1. The summed E-state index contributed by atoms with van der Waals surface area (Å²) in [4.78, 5) is 15.9. The Morgan fingerprint density at radius 1 is 1.38 bits per heavy atom. The lowest BCUT2D eigenvalue weighted by Crippen LogP contribution is -2.45. The highest BCUT2D eigenvalue weighted by molar-refractivity contribution is 7.91. The van der Waals surface area contributed by atoms with E-state index in [0.717, 1.165) is 39.4 Å². The molecule has 0 saturated carbocycles. The van der Waals surface area contributed by atoms with Gasteiger partial charge < -0.3 is 15.0 Å². The van der Waals surface area contributed by atoms with Crippen LogP contribution in [-0.4, -0.2) is 94.7 Å². The quantitative estimate of drug-likeness (QED) is 0.604. The van der Waals surface area contributed by atoms with Gasteiger partial charge in [-0.3, -0.25) is 9.69 Å². The third-order valence-electron chi connectivity index (χ3n) is 4.13. The standard InChI is InChI=1S/C13H25N3O4S/c1-15(12-2-9-21(18,19)11-12)13(17)10-14-3-4-16-5-7-20-8-6-16/h12,14H,2-11H2,1H3. The minimum absolute atomic E-state index is 0.0425. The summed E-state index contributed by atoms with van der Waals surface area (Å²) in [6.45, 7) is 5.35. The van der Waals surface area contributed by atoms with Crippen LogP contribution in [-0.2, 0) is 19.4 Å². The molecule has 0 radical (unpaired) electrons. The first-order valence-corrected chi connectivity index (χ1v) is 9.27. The average Bonchev–Trinajstić information content (AvgIpc) is 2.84. The molecular formula is C13H25N3O4S. The predicted octanol–water partition coefficient (Wildman–Crippen LogP) is -1.45. The van der Waals surface area contributed by atoms with Crippen molar-refractivity contribution in [1.82, 2.24) is 15.1 Å². The molecule has 0 bridgehead atoms. The van der Waals surface area contributed by atoms with Crippen molar-refractivity contribution in [2.24, 2.45) is 0 Å². The maximum Gasteiger partial charge on any atom is 0.236 e. The molecule has 21 heavy (non-hydrogen) atoms. The Morgan fingerprint density at radius 2 is 2.10 bits per heavy atom. The molecule has 2 aliphatic rings. The third kappa shape index (κ3) is 5.21. The minimum Gasteiger partial charge on any atom is -0.379 e. The number of ether oxygens (including phenoxy) is 1. The zero-order valence-electron chi connectivity index (χ0n) is 12.6. The van der Waals surface area contributed by atoms with E-state index in [1.165, 1.54) is 0 Å². The zero-order chi connectivity index (χ0) is 15.3. The van der Waals surface area contributed by atoms with Crippen molar-refractivity contribution in [3.8, 4) is 0 Å². The van der Waals surface area contributed by atoms with E-state index in [2.05, 4.69) is 10.2 Å². The number of carbonyl (C=O) groups excluding carboxylic acids is 1. The molecule has 2 rings (SSSR count). The lowest BCUT2D eigenvalue weighted by Gasteiger charge is -2.27. The lowest BCUT2D eigenvalue weighted by atomic mass is 10.2. The van der Waals surface area contributed by atoms with Crippen molar-refractivity contribution in [1.29, 1.82) is 0 Å². The highest BCUT2D eigenvalue weighted by Gasteiger charge is 2.32. The van der Waals surface area contributed by atoms with Crippen LogP contribution in [0.15, 0.2) is 0 Å². The van der Waals surface area contributed by atoms with Gasteiger partial charge in [-0.25, -0.2) is 8.42 Å². The van der Waals surface area contributed by atoms with E-state index in [1.54, 1.807) is 11.9 Å². The summed E-state index contributed by atoms with van der Waals surface area (Å²) in [6, 6.07) is -0.163. The Hall–Kier alpha value is -0.700. The van der Waals surface area contributed by atoms with Crippen molar-refractivity contribution < 1.29 is 17.9 Å². The predicted molar refractivity (Wildman–Crippen MR) is 80.0 cm³/mol. The van der Waals surface area contributed by atoms with E-state index in [4.69, 9.17) is 4.74 Å². The SMILES string of the molecule is CN(C(=O)CNCCN1CCOCC1)C1CCS(=O)(=O)C1. The molecule has 122 valence electrons. The van der Waals surface area contributed by atoms with Gasteiger partial charge in [-0.15, -0.1) is 0 Å². The van der Waals surface area contributed by atoms with Crippen molar-refractivity contribution >= 4 is 15.7 Å². The van der Waals surface area contributed by atoms with Gasteiger partial charge in [0, 0.05) is 39.3 Å². The van der Waals surface area contributed by atoms with Crippen LogP contribution < -0.4 is 5.32 Å². The molecule has 0 aromatic carbocycles. The molecule has 2 fully saturated rings. The summed E-state index contributed by atoms with van der Waals surface area (Å²) in [5.41, 5.74) is 0. The van der Waals surface area contributed by atoms with Crippen LogP contribution in [0.25, 0.3) is 0 Å². The Morgan fingerprint density at radius 3 is 2.71 bits per heavy atom. The van der Waals surface area contributed by atoms with Crippen molar-refractivity contribution in [2.75, 3.05) is 64.5 Å². The van der Waals surface area contributed by atoms with Crippen LogP contribution >= 0.6 is 0 Å². The number of rotatable bonds is 6. The van der Waals surface area contributed by atoms with Gasteiger partial charge in [-0.2, -0.15) is 0 Å². The number of amides is 1. The number of morpholine rings is 1. The molecule has 0 aliphatic carbocycles. The Balaban J connectivity index is 1.62. The monoisotopic (exact) mass is 319 g/mol. The highest BCUT2D eigenvalue weighted by Crippen LogP contribution is 2.16. The van der Waals surface area contributed by atoms with E-state index < -0.39 is 9.84 Å². The van der Waals surface area contributed by atoms with Gasteiger partial charge in [0.1, 0.15) is 0 Å². The summed E-state index contributed by atoms with van der Waals surface area (Å²) in [5, 5.41) is 3.13. The second-order valence-electron chi connectivity index (χ2n) is 5.69. The molecule has 2 saturated heterocycles. The van der Waals surface area contributed by atoms with Crippen LogP contribution in [0.5, 0.6) is 0 Å². The van der Waals surface area contributed by atoms with E-state index in [9.17, 15) is 13.2 Å². The fourth-order valence-corrected chi connectivity index (χ4v) is 4.44. The fraction of sp³-hybridized carbons (Fsp3) is 0.923. The summed E-state index contributed by atoms with van der Waals surface area (Å²) in [5.74, 6) is 0.252. The average molecular weight is 319 g/mol. The maximum absolute atomic E-state index is 12.0. The summed E-state index contributed by atoms with van der Waals surface area (Å²) in [7, 11) is -1.25. The largest absolute Gasteiger partial charge is 0.379 e. The second kappa shape index (κ2) is 7.53. The Bertz CT molecular complexity index is 448. The van der Waals surface area contributed by atoms with Crippen LogP contribution in [0.3, 0.4) is 0 Å². The number of carbonyl (C=O) groups is 1. The van der Waals surface area contributed by atoms with Crippen molar-refractivity contribution in [2.45, 2.75) is 12.5 Å². The lowest BCUT2D eigenvalue weighted by molar-refractivity contribution is -0.130. The topological polar surface area (TPSA) is 79.0 Å². The van der Waals surface area contributed by atoms with E-state index in [1.807, 2.05) is 0 Å². The molecule has 0 spiro atoms. The first kappa shape index (κ1) is 16.7. The normalized spacial score (nSPS) is 25.9. The van der Waals surface area contributed by atoms with Crippen LogP contribution in [0.4, 0.5) is 0 Å².